The lowest BCUT2D eigenvalue weighted by molar-refractivity contribution is 0.402. The van der Waals surface area contributed by atoms with E-state index in [4.69, 9.17) is 4.98 Å². The number of aromatic amines is 2. The van der Waals surface area contributed by atoms with Crippen LogP contribution in [0.1, 0.15) is 11.1 Å². The molecule has 0 aliphatic heterocycles. The van der Waals surface area contributed by atoms with Crippen LogP contribution in [-0.2, 0) is 22.8 Å². The van der Waals surface area contributed by atoms with E-state index in [1.54, 1.807) is 18.3 Å². The zero-order chi connectivity index (χ0) is 28.7. The average Bonchev–Trinajstić information content (AvgIpc) is 3.54. The van der Waals surface area contributed by atoms with Crippen molar-refractivity contribution in [3.63, 3.8) is 0 Å². The molecule has 0 radical (unpaired) electrons. The van der Waals surface area contributed by atoms with Crippen molar-refractivity contribution in [1.82, 2.24) is 35.0 Å². The maximum Gasteiger partial charge on any atom is 0.159 e. The first-order valence-electron chi connectivity index (χ1n) is 13.0. The third-order valence-corrected chi connectivity index (χ3v) is 7.75. The number of benzene rings is 2. The van der Waals surface area contributed by atoms with Gasteiger partial charge in [-0.25, -0.2) is 17.8 Å². The number of pyridine rings is 2. The summed E-state index contributed by atoms with van der Waals surface area (Å²) in [6.07, 6.45) is 6.73. The smallest absolute Gasteiger partial charge is 0.159 e. The summed E-state index contributed by atoms with van der Waals surface area (Å²) in [5, 5.41) is 8.53. The van der Waals surface area contributed by atoms with E-state index in [0.717, 1.165) is 39.7 Å². The molecule has 0 bridgehead atoms. The number of halogens is 1. The number of imidazole rings is 1. The van der Waals surface area contributed by atoms with Gasteiger partial charge < -0.3 is 9.88 Å². The average molecular weight is 570 g/mol. The maximum absolute atomic E-state index is 14.6. The SMILES string of the molecule is CN(C)Cc1cncc(-c2ccc3[nH]nc(-c4nc5c(-c6cc(F)cc(CCS(C)(=O)=O)c6)nccc5[nH]4)c3c2)c1. The molecule has 208 valence electrons. The third-order valence-electron chi connectivity index (χ3n) is 6.81. The highest BCUT2D eigenvalue weighted by atomic mass is 32.2. The molecule has 11 heteroatoms. The predicted octanol–water partition coefficient (Wildman–Crippen LogP) is 5.02. The summed E-state index contributed by atoms with van der Waals surface area (Å²) in [7, 11) is 0.864. The molecule has 6 aromatic rings. The molecule has 0 amide bonds. The Hall–Kier alpha value is -4.48. The topological polar surface area (TPSA) is 121 Å². The van der Waals surface area contributed by atoms with Crippen LogP contribution in [0, 0.1) is 5.82 Å². The largest absolute Gasteiger partial charge is 0.336 e. The molecule has 6 rings (SSSR count). The van der Waals surface area contributed by atoms with Gasteiger partial charge in [-0.3, -0.25) is 15.1 Å². The summed E-state index contributed by atoms with van der Waals surface area (Å²) in [6.45, 7) is 0.792. The number of rotatable bonds is 8. The van der Waals surface area contributed by atoms with E-state index in [-0.39, 0.29) is 12.2 Å². The van der Waals surface area contributed by atoms with E-state index in [1.165, 1.54) is 18.4 Å². The van der Waals surface area contributed by atoms with Crippen molar-refractivity contribution >= 4 is 31.8 Å². The van der Waals surface area contributed by atoms with Crippen molar-refractivity contribution in [2.45, 2.75) is 13.0 Å². The molecule has 0 saturated carbocycles. The van der Waals surface area contributed by atoms with Crippen LogP contribution in [0.15, 0.2) is 67.1 Å². The summed E-state index contributed by atoms with van der Waals surface area (Å²) < 4.78 is 37.9. The summed E-state index contributed by atoms with van der Waals surface area (Å²) in [5.41, 5.74) is 7.53. The highest BCUT2D eigenvalue weighted by Gasteiger charge is 2.17. The Labute approximate surface area is 236 Å². The van der Waals surface area contributed by atoms with Gasteiger partial charge in [0, 0.05) is 47.9 Å². The van der Waals surface area contributed by atoms with Gasteiger partial charge >= 0.3 is 0 Å². The third kappa shape index (κ3) is 5.72. The molecule has 0 fully saturated rings. The molecule has 0 atom stereocenters. The number of nitrogens with zero attached hydrogens (tertiary/aromatic N) is 5. The van der Waals surface area contributed by atoms with Crippen LogP contribution in [0.4, 0.5) is 4.39 Å². The van der Waals surface area contributed by atoms with Gasteiger partial charge in [-0.1, -0.05) is 6.07 Å². The molecule has 2 aromatic carbocycles. The number of H-pyrrole nitrogens is 2. The summed E-state index contributed by atoms with van der Waals surface area (Å²) in [5.74, 6) is 0.0194. The zero-order valence-electron chi connectivity index (χ0n) is 22.8. The number of nitrogens with one attached hydrogen (secondary N) is 2. The quantitative estimate of drug-likeness (QED) is 0.264. The van der Waals surface area contributed by atoms with Gasteiger partial charge in [-0.2, -0.15) is 5.10 Å². The number of sulfone groups is 1. The Morgan fingerprint density at radius 1 is 0.902 bits per heavy atom. The lowest BCUT2D eigenvalue weighted by Gasteiger charge is -2.10. The molecule has 41 heavy (non-hydrogen) atoms. The minimum absolute atomic E-state index is 0.0652. The highest BCUT2D eigenvalue weighted by Crippen LogP contribution is 2.33. The van der Waals surface area contributed by atoms with E-state index < -0.39 is 15.7 Å². The van der Waals surface area contributed by atoms with E-state index in [9.17, 15) is 12.8 Å². The Morgan fingerprint density at radius 3 is 2.54 bits per heavy atom. The summed E-state index contributed by atoms with van der Waals surface area (Å²) in [6, 6.07) is 14.5. The first-order valence-corrected chi connectivity index (χ1v) is 15.1. The fourth-order valence-corrected chi connectivity index (χ4v) is 5.57. The minimum Gasteiger partial charge on any atom is -0.336 e. The van der Waals surface area contributed by atoms with Gasteiger partial charge in [0.25, 0.3) is 0 Å². The molecule has 0 saturated heterocycles. The van der Waals surface area contributed by atoms with E-state index in [0.29, 0.717) is 33.9 Å². The van der Waals surface area contributed by atoms with E-state index >= 15 is 0 Å². The molecule has 4 heterocycles. The van der Waals surface area contributed by atoms with Gasteiger partial charge in [0.05, 0.1) is 22.5 Å². The van der Waals surface area contributed by atoms with Crippen molar-refractivity contribution < 1.29 is 12.8 Å². The van der Waals surface area contributed by atoms with Gasteiger partial charge in [-0.05, 0) is 79.7 Å². The van der Waals surface area contributed by atoms with Crippen LogP contribution in [0.3, 0.4) is 0 Å². The van der Waals surface area contributed by atoms with Crippen molar-refractivity contribution in [1.29, 1.82) is 0 Å². The highest BCUT2D eigenvalue weighted by molar-refractivity contribution is 7.90. The fourth-order valence-electron chi connectivity index (χ4n) is 4.96. The molecule has 0 aliphatic rings. The van der Waals surface area contributed by atoms with Crippen LogP contribution in [0.2, 0.25) is 0 Å². The van der Waals surface area contributed by atoms with Crippen molar-refractivity contribution in [2.24, 2.45) is 0 Å². The van der Waals surface area contributed by atoms with Crippen LogP contribution in [0.25, 0.3) is 55.8 Å². The number of hydrogen-bond acceptors (Lipinski definition) is 7. The monoisotopic (exact) mass is 569 g/mol. The Balaban J connectivity index is 1.40. The molecular formula is C30H28FN7O2S. The Kier molecular flexibility index (Phi) is 6.84. The van der Waals surface area contributed by atoms with Gasteiger partial charge in [0.15, 0.2) is 5.82 Å². The second kappa shape index (κ2) is 10.5. The second-order valence-electron chi connectivity index (χ2n) is 10.5. The van der Waals surface area contributed by atoms with Gasteiger partial charge in [0.1, 0.15) is 26.9 Å². The lowest BCUT2D eigenvalue weighted by atomic mass is 10.0. The van der Waals surface area contributed by atoms with E-state index in [1.807, 2.05) is 38.6 Å². The Morgan fingerprint density at radius 2 is 1.73 bits per heavy atom. The number of hydrogen-bond donors (Lipinski definition) is 2. The maximum atomic E-state index is 14.6. The van der Waals surface area contributed by atoms with Crippen LogP contribution in [0.5, 0.6) is 0 Å². The Bertz CT molecular complexity index is 2010. The molecular weight excluding hydrogens is 541 g/mol. The van der Waals surface area contributed by atoms with Gasteiger partial charge in [-0.15, -0.1) is 0 Å². The van der Waals surface area contributed by atoms with Crippen molar-refractivity contribution in [3.8, 4) is 33.9 Å². The van der Waals surface area contributed by atoms with Crippen molar-refractivity contribution in [2.75, 3.05) is 26.1 Å². The minimum atomic E-state index is -3.19. The molecule has 0 aliphatic carbocycles. The first-order chi connectivity index (χ1) is 19.6. The van der Waals surface area contributed by atoms with Crippen LogP contribution < -0.4 is 0 Å². The number of fused-ring (bicyclic) bond motifs is 2. The predicted molar refractivity (Wildman–Crippen MR) is 158 cm³/mol. The summed E-state index contributed by atoms with van der Waals surface area (Å²) in [4.78, 5) is 19.2. The second-order valence-corrected chi connectivity index (χ2v) is 12.8. The molecule has 0 unspecified atom stereocenters. The summed E-state index contributed by atoms with van der Waals surface area (Å²) >= 11 is 0. The fraction of sp³-hybridized carbons (Fsp3) is 0.200. The molecule has 2 N–H and O–H groups in total. The van der Waals surface area contributed by atoms with Crippen LogP contribution in [-0.4, -0.2) is 69.6 Å². The normalized spacial score (nSPS) is 12.1. The zero-order valence-corrected chi connectivity index (χ0v) is 23.6. The number of aromatic nitrogens is 6. The van der Waals surface area contributed by atoms with Gasteiger partial charge in [0.2, 0.25) is 0 Å². The van der Waals surface area contributed by atoms with E-state index in [2.05, 4.69) is 42.2 Å². The first kappa shape index (κ1) is 26.7. The molecule has 4 aromatic heterocycles. The van der Waals surface area contributed by atoms with Crippen molar-refractivity contribution in [3.05, 3.63) is 84.1 Å². The molecule has 9 nitrogen and oxygen atoms in total. The standard InChI is InChI=1S/C30H28FN7O2S/c1-38(2)17-19-11-22(16-32-15-19)20-4-5-25-24(14-20)28(37-36-25)30-34-26-6-8-33-27(29(26)35-30)21-10-18(12-23(31)13-21)7-9-41(3,39)40/h4-6,8,10-16H,7,9,17H2,1-3H3,(H,34,35)(H,36,37). The van der Waals surface area contributed by atoms with Crippen LogP contribution >= 0.6 is 0 Å². The number of aryl methyl sites for hydroxylation is 1. The molecule has 0 spiro atoms. The lowest BCUT2D eigenvalue weighted by Crippen LogP contribution is -2.10.